The van der Waals surface area contributed by atoms with Gasteiger partial charge in [0.25, 0.3) is 0 Å². The summed E-state index contributed by atoms with van der Waals surface area (Å²) in [6, 6.07) is 1.24. The average molecular weight is 399 g/mol. The number of nitrogens with one attached hydrogen (secondary N) is 1. The molecule has 0 radical (unpaired) electrons. The molecule has 0 unspecified atom stereocenters. The second kappa shape index (κ2) is 6.13. The van der Waals surface area contributed by atoms with Gasteiger partial charge in [-0.15, -0.1) is 0 Å². The first-order chi connectivity index (χ1) is 8.61. The minimum Gasteiger partial charge on any atom is -0.505 e. The zero-order valence-electron chi connectivity index (χ0n) is 10.9. The van der Waals surface area contributed by atoms with Crippen LogP contribution in [-0.2, 0) is 6.42 Å². The van der Waals surface area contributed by atoms with Gasteiger partial charge in [-0.1, -0.05) is 32.4 Å². The number of carbonyl (C=O) groups is 1. The lowest BCUT2D eigenvalue weighted by molar-refractivity contribution is 0.174. The third-order valence-corrected chi connectivity index (χ3v) is 3.96. The van der Waals surface area contributed by atoms with Gasteiger partial charge in [0, 0.05) is 6.04 Å². The van der Waals surface area contributed by atoms with Gasteiger partial charge in [0.05, 0.1) is 0 Å². The highest BCUT2D eigenvalue weighted by Crippen LogP contribution is 2.28. The molecule has 1 heterocycles. The van der Waals surface area contributed by atoms with E-state index in [0.29, 0.717) is 10.1 Å². The molecule has 0 spiro atoms. The van der Waals surface area contributed by atoms with E-state index in [0.717, 1.165) is 5.56 Å². The van der Waals surface area contributed by atoms with Crippen LogP contribution < -0.4 is 5.32 Å². The minimum absolute atomic E-state index is 0.0478. The summed E-state index contributed by atoms with van der Waals surface area (Å²) in [4.78, 5) is 14.9. The maximum atomic E-state index is 10.9. The first-order valence-electron chi connectivity index (χ1n) is 5.64. The topological polar surface area (TPSA) is 82.5 Å². The van der Waals surface area contributed by atoms with Gasteiger partial charge in [0.15, 0.2) is 10.9 Å². The highest BCUT2D eigenvalue weighted by Gasteiger charge is 2.27. The van der Waals surface area contributed by atoms with Crippen molar-refractivity contribution in [2.45, 2.75) is 33.2 Å². The van der Waals surface area contributed by atoms with Gasteiger partial charge in [-0.05, 0) is 46.1 Å². The monoisotopic (exact) mass is 398 g/mol. The molecule has 0 saturated heterocycles. The molecule has 0 fully saturated rings. The lowest BCUT2D eigenvalue weighted by atomic mass is 9.83. The van der Waals surface area contributed by atoms with E-state index in [-0.39, 0.29) is 22.4 Å². The second-order valence-corrected chi connectivity index (χ2v) is 6.70. The fourth-order valence-electron chi connectivity index (χ4n) is 1.59. The number of halogens is 2. The van der Waals surface area contributed by atoms with Crippen LogP contribution in [0.2, 0.25) is 5.15 Å². The molecule has 0 saturated carbocycles. The van der Waals surface area contributed by atoms with Crippen molar-refractivity contribution in [1.82, 2.24) is 10.3 Å². The molecule has 19 heavy (non-hydrogen) atoms. The summed E-state index contributed by atoms with van der Waals surface area (Å²) in [5.74, 6) is -0.0972. The highest BCUT2D eigenvalue weighted by molar-refractivity contribution is 14.1. The van der Waals surface area contributed by atoms with Gasteiger partial charge in [-0.3, -0.25) is 0 Å². The Balaban J connectivity index is 3.03. The number of rotatable bonds is 3. The smallest absolute Gasteiger partial charge is 0.404 e. The molecule has 106 valence electrons. The molecule has 1 amide bonds. The fraction of sp³-hybridized carbons (Fsp3) is 0.500. The summed E-state index contributed by atoms with van der Waals surface area (Å²) in [5, 5.41) is 21.0. The van der Waals surface area contributed by atoms with Crippen LogP contribution in [-0.4, -0.2) is 27.3 Å². The van der Waals surface area contributed by atoms with Gasteiger partial charge in [0.1, 0.15) is 3.70 Å². The molecule has 1 atom stereocenters. The Morgan fingerprint density at radius 3 is 2.63 bits per heavy atom. The van der Waals surface area contributed by atoms with E-state index in [1.54, 1.807) is 0 Å². The van der Waals surface area contributed by atoms with E-state index < -0.39 is 6.09 Å². The van der Waals surface area contributed by atoms with Crippen molar-refractivity contribution in [3.05, 3.63) is 20.5 Å². The average Bonchev–Trinajstić information content (AvgIpc) is 2.22. The van der Waals surface area contributed by atoms with Gasteiger partial charge in [0.2, 0.25) is 0 Å². The summed E-state index contributed by atoms with van der Waals surface area (Å²) in [5.41, 5.74) is 0.507. The third kappa shape index (κ3) is 4.68. The van der Waals surface area contributed by atoms with Crippen molar-refractivity contribution >= 4 is 40.3 Å². The number of hydrogen-bond acceptors (Lipinski definition) is 3. The zero-order chi connectivity index (χ0) is 14.8. The summed E-state index contributed by atoms with van der Waals surface area (Å²) >= 11 is 7.74. The molecule has 0 aliphatic carbocycles. The SMILES string of the molecule is CC(C)(C)[C@H](Cc1cc(O)c(Cl)nc1I)NC(=O)O. The predicted molar refractivity (Wildman–Crippen MR) is 81.7 cm³/mol. The molecule has 5 nitrogen and oxygen atoms in total. The predicted octanol–water partition coefficient (Wildman–Crippen LogP) is 3.27. The third-order valence-electron chi connectivity index (χ3n) is 2.75. The van der Waals surface area contributed by atoms with E-state index in [4.69, 9.17) is 16.7 Å². The molecule has 0 aliphatic rings. The quantitative estimate of drug-likeness (QED) is 0.539. The van der Waals surface area contributed by atoms with Crippen LogP contribution in [0.5, 0.6) is 5.75 Å². The van der Waals surface area contributed by atoms with Crippen molar-refractivity contribution in [2.75, 3.05) is 0 Å². The van der Waals surface area contributed by atoms with Crippen molar-refractivity contribution in [3.8, 4) is 5.75 Å². The molecule has 3 N–H and O–H groups in total. The Hall–Kier alpha value is -0.760. The summed E-state index contributed by atoms with van der Waals surface area (Å²) in [7, 11) is 0. The van der Waals surface area contributed by atoms with Crippen LogP contribution >= 0.6 is 34.2 Å². The van der Waals surface area contributed by atoms with Gasteiger partial charge in [-0.25, -0.2) is 9.78 Å². The Bertz CT molecular complexity index is 489. The van der Waals surface area contributed by atoms with E-state index in [2.05, 4.69) is 10.3 Å². The Labute approximate surface area is 130 Å². The van der Waals surface area contributed by atoms with Crippen LogP contribution in [0.4, 0.5) is 4.79 Å². The molecule has 1 aromatic rings. The highest BCUT2D eigenvalue weighted by atomic mass is 127. The molecule has 1 rings (SSSR count). The van der Waals surface area contributed by atoms with Crippen molar-refractivity contribution in [2.24, 2.45) is 5.41 Å². The zero-order valence-corrected chi connectivity index (χ0v) is 13.8. The maximum absolute atomic E-state index is 10.9. The molecule has 0 aromatic carbocycles. The number of pyridine rings is 1. The first-order valence-corrected chi connectivity index (χ1v) is 7.10. The number of nitrogens with zero attached hydrogens (tertiary/aromatic N) is 1. The van der Waals surface area contributed by atoms with Crippen molar-refractivity contribution < 1.29 is 15.0 Å². The summed E-state index contributed by atoms with van der Waals surface area (Å²) in [6.07, 6.45) is -0.632. The molecular formula is C12H16ClIN2O3. The van der Waals surface area contributed by atoms with Gasteiger partial charge >= 0.3 is 6.09 Å². The van der Waals surface area contributed by atoms with Gasteiger partial charge < -0.3 is 15.5 Å². The van der Waals surface area contributed by atoms with Gasteiger partial charge in [-0.2, -0.15) is 0 Å². The lowest BCUT2D eigenvalue weighted by Gasteiger charge is -2.30. The van der Waals surface area contributed by atoms with Crippen LogP contribution in [0.1, 0.15) is 26.3 Å². The standard InChI is InChI=1S/C12H16ClIN2O3/c1-12(2,3)8(15-11(18)19)5-6-4-7(17)9(13)16-10(6)14/h4,8,15,17H,5H2,1-3H3,(H,18,19)/t8-/m0/s1. The van der Waals surface area contributed by atoms with Crippen molar-refractivity contribution in [3.63, 3.8) is 0 Å². The van der Waals surface area contributed by atoms with Crippen LogP contribution in [0.25, 0.3) is 0 Å². The first kappa shape index (κ1) is 16.3. The lowest BCUT2D eigenvalue weighted by Crippen LogP contribution is -2.44. The van der Waals surface area contributed by atoms with E-state index in [1.165, 1.54) is 6.07 Å². The van der Waals surface area contributed by atoms with Crippen LogP contribution in [0, 0.1) is 9.12 Å². The van der Waals surface area contributed by atoms with E-state index in [1.807, 2.05) is 43.4 Å². The van der Waals surface area contributed by atoms with E-state index in [9.17, 15) is 9.90 Å². The number of hydrogen-bond donors (Lipinski definition) is 3. The molecule has 0 bridgehead atoms. The summed E-state index contributed by atoms with van der Waals surface area (Å²) in [6.45, 7) is 5.84. The number of aromatic hydroxyl groups is 1. The molecule has 0 aliphatic heterocycles. The normalized spacial score (nSPS) is 13.1. The summed E-state index contributed by atoms with van der Waals surface area (Å²) < 4.78 is 0.654. The minimum atomic E-state index is -1.07. The number of aromatic nitrogens is 1. The second-order valence-electron chi connectivity index (χ2n) is 5.32. The Kier molecular flexibility index (Phi) is 5.26. The van der Waals surface area contributed by atoms with Crippen molar-refractivity contribution in [1.29, 1.82) is 0 Å². The Morgan fingerprint density at radius 1 is 1.58 bits per heavy atom. The maximum Gasteiger partial charge on any atom is 0.404 e. The number of carboxylic acid groups (broad SMARTS) is 1. The largest absolute Gasteiger partial charge is 0.505 e. The van der Waals surface area contributed by atoms with Crippen LogP contribution in [0.3, 0.4) is 0 Å². The molecule has 1 aromatic heterocycles. The van der Waals surface area contributed by atoms with Crippen LogP contribution in [0.15, 0.2) is 6.07 Å². The number of amides is 1. The fourth-order valence-corrected chi connectivity index (χ4v) is 2.48. The molecular weight excluding hydrogens is 383 g/mol. The Morgan fingerprint density at radius 2 is 2.16 bits per heavy atom. The van der Waals surface area contributed by atoms with E-state index >= 15 is 0 Å². The molecule has 7 heteroatoms.